The second-order valence-electron chi connectivity index (χ2n) is 6.52. The molecule has 2 aromatic heterocycles. The Hall–Kier alpha value is -3.73. The molecule has 32 heavy (non-hydrogen) atoms. The van der Waals surface area contributed by atoms with Gasteiger partial charge in [0.25, 0.3) is 5.89 Å². The van der Waals surface area contributed by atoms with Gasteiger partial charge in [0.2, 0.25) is 17.6 Å². The van der Waals surface area contributed by atoms with Gasteiger partial charge in [-0.1, -0.05) is 29.1 Å². The summed E-state index contributed by atoms with van der Waals surface area (Å²) in [6.45, 7) is 2.44. The molecule has 4 aromatic rings. The number of halogens is 1. The van der Waals surface area contributed by atoms with Crippen molar-refractivity contribution in [1.29, 1.82) is 0 Å². The molecule has 164 valence electrons. The van der Waals surface area contributed by atoms with Gasteiger partial charge in [-0.05, 0) is 43.3 Å². The van der Waals surface area contributed by atoms with Crippen LogP contribution in [0.15, 0.2) is 58.2 Å². The van der Waals surface area contributed by atoms with Crippen LogP contribution in [0.4, 0.5) is 10.1 Å². The molecule has 0 bridgehead atoms. The van der Waals surface area contributed by atoms with Crippen LogP contribution in [0.1, 0.15) is 6.92 Å². The summed E-state index contributed by atoms with van der Waals surface area (Å²) in [6, 6.07) is 13.3. The molecule has 2 heterocycles. The van der Waals surface area contributed by atoms with Gasteiger partial charge in [0.15, 0.2) is 5.16 Å². The van der Waals surface area contributed by atoms with Gasteiger partial charge in [-0.25, -0.2) is 4.39 Å². The van der Waals surface area contributed by atoms with E-state index in [2.05, 4.69) is 25.7 Å². The molecule has 9 nitrogen and oxygen atoms in total. The van der Waals surface area contributed by atoms with Gasteiger partial charge in [-0.3, -0.25) is 9.36 Å². The topological polar surface area (TPSA) is 108 Å². The number of hydrogen-bond acceptors (Lipinski definition) is 8. The Morgan fingerprint density at radius 1 is 1.19 bits per heavy atom. The number of rotatable bonds is 8. The summed E-state index contributed by atoms with van der Waals surface area (Å²) in [5.74, 6) is 0.939. The smallest absolute Gasteiger partial charge is 0.296 e. The third-order valence-electron chi connectivity index (χ3n) is 4.48. The van der Waals surface area contributed by atoms with Crippen molar-refractivity contribution in [3.63, 3.8) is 0 Å². The molecule has 0 aliphatic heterocycles. The number of nitrogens with zero attached hydrogens (tertiary/aromatic N) is 5. The van der Waals surface area contributed by atoms with E-state index in [4.69, 9.17) is 9.26 Å². The second kappa shape index (κ2) is 9.60. The summed E-state index contributed by atoms with van der Waals surface area (Å²) in [7, 11) is 1.60. The lowest BCUT2D eigenvalue weighted by Crippen LogP contribution is -2.15. The number of methoxy groups -OCH3 is 1. The van der Waals surface area contributed by atoms with Crippen LogP contribution in [0.3, 0.4) is 0 Å². The number of carbonyl (C=O) groups is 1. The monoisotopic (exact) mass is 454 g/mol. The molecule has 0 saturated heterocycles. The van der Waals surface area contributed by atoms with Gasteiger partial charge in [0.1, 0.15) is 11.6 Å². The van der Waals surface area contributed by atoms with E-state index in [9.17, 15) is 9.18 Å². The number of aromatic nitrogens is 5. The minimum Gasteiger partial charge on any atom is -0.497 e. The number of hydrogen-bond donors (Lipinski definition) is 1. The summed E-state index contributed by atoms with van der Waals surface area (Å²) in [5, 5.41) is 15.4. The molecule has 4 rings (SSSR count). The minimum atomic E-state index is -0.492. The summed E-state index contributed by atoms with van der Waals surface area (Å²) < 4.78 is 26.0. The molecule has 11 heteroatoms. The largest absolute Gasteiger partial charge is 0.497 e. The molecule has 0 fully saturated rings. The van der Waals surface area contributed by atoms with Gasteiger partial charge >= 0.3 is 0 Å². The Labute approximate surface area is 187 Å². The van der Waals surface area contributed by atoms with Crippen molar-refractivity contribution in [2.24, 2.45) is 0 Å². The predicted octanol–water partition coefficient (Wildman–Crippen LogP) is 3.89. The number of para-hydroxylation sites is 1. The molecule has 0 atom stereocenters. The minimum absolute atomic E-state index is 0.0351. The fourth-order valence-corrected chi connectivity index (χ4v) is 3.69. The van der Waals surface area contributed by atoms with E-state index in [1.165, 1.54) is 23.9 Å². The zero-order valence-corrected chi connectivity index (χ0v) is 18.1. The summed E-state index contributed by atoms with van der Waals surface area (Å²) in [5.41, 5.74) is 0.899. The molecular formula is C21H19FN6O3S. The van der Waals surface area contributed by atoms with E-state index in [-0.39, 0.29) is 23.2 Å². The lowest BCUT2D eigenvalue weighted by atomic mass is 10.2. The van der Waals surface area contributed by atoms with E-state index in [0.717, 1.165) is 11.3 Å². The highest BCUT2D eigenvalue weighted by Crippen LogP contribution is 2.26. The predicted molar refractivity (Wildman–Crippen MR) is 117 cm³/mol. The van der Waals surface area contributed by atoms with Crippen LogP contribution >= 0.6 is 11.8 Å². The summed E-state index contributed by atoms with van der Waals surface area (Å²) in [4.78, 5) is 16.6. The van der Waals surface area contributed by atoms with E-state index in [1.54, 1.807) is 35.9 Å². The fourth-order valence-electron chi connectivity index (χ4n) is 2.89. The van der Waals surface area contributed by atoms with Crippen molar-refractivity contribution in [2.75, 3.05) is 18.2 Å². The van der Waals surface area contributed by atoms with Crippen LogP contribution in [0, 0.1) is 5.82 Å². The maximum Gasteiger partial charge on any atom is 0.296 e. The van der Waals surface area contributed by atoms with Crippen LogP contribution in [0.25, 0.3) is 23.1 Å². The number of anilines is 1. The highest BCUT2D eigenvalue weighted by atomic mass is 32.2. The average Bonchev–Trinajstić information content (AvgIpc) is 3.46. The van der Waals surface area contributed by atoms with Crippen LogP contribution < -0.4 is 10.1 Å². The first kappa shape index (κ1) is 21.5. The van der Waals surface area contributed by atoms with Crippen LogP contribution in [-0.2, 0) is 11.3 Å². The van der Waals surface area contributed by atoms with Gasteiger partial charge in [-0.2, -0.15) is 4.98 Å². The van der Waals surface area contributed by atoms with Crippen molar-refractivity contribution in [2.45, 2.75) is 18.6 Å². The fraction of sp³-hybridized carbons (Fsp3) is 0.190. The Bertz CT molecular complexity index is 1220. The van der Waals surface area contributed by atoms with Crippen LogP contribution in [0.5, 0.6) is 5.75 Å². The number of amides is 1. The molecule has 2 aromatic carbocycles. The first-order valence-electron chi connectivity index (χ1n) is 9.68. The quantitative estimate of drug-likeness (QED) is 0.400. The molecule has 0 spiro atoms. The Morgan fingerprint density at radius 2 is 1.97 bits per heavy atom. The van der Waals surface area contributed by atoms with Gasteiger partial charge in [0, 0.05) is 12.1 Å². The maximum atomic E-state index is 13.7. The molecule has 0 aliphatic rings. The highest BCUT2D eigenvalue weighted by molar-refractivity contribution is 7.99. The van der Waals surface area contributed by atoms with Gasteiger partial charge in [-0.15, -0.1) is 10.2 Å². The van der Waals surface area contributed by atoms with E-state index < -0.39 is 5.82 Å². The number of carbonyl (C=O) groups excluding carboxylic acids is 1. The SMILES string of the molecule is CCn1c(SCC(=O)Nc2ccccc2F)nnc1-c1nc(-c2ccc(OC)cc2)no1. The average molecular weight is 454 g/mol. The Morgan fingerprint density at radius 3 is 2.69 bits per heavy atom. The molecule has 1 amide bonds. The summed E-state index contributed by atoms with van der Waals surface area (Å²) in [6.07, 6.45) is 0. The Kier molecular flexibility index (Phi) is 6.45. The molecule has 0 aliphatic carbocycles. The summed E-state index contributed by atoms with van der Waals surface area (Å²) >= 11 is 1.18. The first-order valence-corrected chi connectivity index (χ1v) is 10.7. The zero-order valence-electron chi connectivity index (χ0n) is 17.3. The van der Waals surface area contributed by atoms with Crippen molar-refractivity contribution >= 4 is 23.4 Å². The number of benzene rings is 2. The zero-order chi connectivity index (χ0) is 22.5. The number of ether oxygens (including phenoxy) is 1. The van der Waals surface area contributed by atoms with E-state index in [0.29, 0.717) is 23.4 Å². The molecule has 0 unspecified atom stereocenters. The van der Waals surface area contributed by atoms with Crippen molar-refractivity contribution in [3.8, 4) is 28.9 Å². The lowest BCUT2D eigenvalue weighted by Gasteiger charge is -2.07. The lowest BCUT2D eigenvalue weighted by molar-refractivity contribution is -0.113. The normalized spacial score (nSPS) is 10.8. The van der Waals surface area contributed by atoms with Crippen molar-refractivity contribution in [1.82, 2.24) is 24.9 Å². The van der Waals surface area contributed by atoms with Crippen LogP contribution in [0.2, 0.25) is 0 Å². The molecule has 0 radical (unpaired) electrons. The molecular weight excluding hydrogens is 435 g/mol. The Balaban J connectivity index is 1.46. The van der Waals surface area contributed by atoms with Crippen molar-refractivity contribution < 1.29 is 18.4 Å². The number of thioether (sulfide) groups is 1. The third-order valence-corrected chi connectivity index (χ3v) is 5.45. The van der Waals surface area contributed by atoms with Gasteiger partial charge in [0.05, 0.1) is 18.6 Å². The van der Waals surface area contributed by atoms with E-state index in [1.807, 2.05) is 19.1 Å². The van der Waals surface area contributed by atoms with Gasteiger partial charge < -0.3 is 14.6 Å². The standard InChI is InChI=1S/C21H19FN6O3S/c1-3-28-19(20-24-18(27-31-20)13-8-10-14(30-2)11-9-13)25-26-21(28)32-12-17(29)23-16-7-5-4-6-15(16)22/h4-11H,3,12H2,1-2H3,(H,23,29). The first-order chi connectivity index (χ1) is 15.6. The second-order valence-corrected chi connectivity index (χ2v) is 7.46. The van der Waals surface area contributed by atoms with E-state index >= 15 is 0 Å². The highest BCUT2D eigenvalue weighted by Gasteiger charge is 2.20. The van der Waals surface area contributed by atoms with Crippen LogP contribution in [-0.4, -0.2) is 43.7 Å². The maximum absolute atomic E-state index is 13.7. The van der Waals surface area contributed by atoms with Crippen molar-refractivity contribution in [3.05, 3.63) is 54.3 Å². The number of nitrogens with one attached hydrogen (secondary N) is 1. The molecule has 0 saturated carbocycles. The third kappa shape index (κ3) is 4.62. The molecule has 1 N–H and O–H groups in total.